The molecule has 0 amide bonds. The second kappa shape index (κ2) is 6.82. The van der Waals surface area contributed by atoms with Gasteiger partial charge in [-0.1, -0.05) is 34.5 Å². The van der Waals surface area contributed by atoms with Crippen LogP contribution in [0.4, 0.5) is 0 Å². The molecule has 1 rings (SSSR count). The van der Waals surface area contributed by atoms with Crippen molar-refractivity contribution in [1.29, 1.82) is 0 Å². The van der Waals surface area contributed by atoms with E-state index in [0.29, 0.717) is 6.04 Å². The van der Waals surface area contributed by atoms with Gasteiger partial charge in [0.25, 0.3) is 0 Å². The number of benzene rings is 1. The molecule has 1 aromatic carbocycles. The highest BCUT2D eigenvalue weighted by molar-refractivity contribution is 9.10. The monoisotopic (exact) mass is 297 g/mol. The Morgan fingerprint density at radius 1 is 1.53 bits per heavy atom. The van der Waals surface area contributed by atoms with E-state index in [0.717, 1.165) is 22.3 Å². The Bertz CT molecular complexity index is 401. The SMILES string of the molecule is CCNC(C)/C(C)=C/c1cc(Br)ccc1OC. The molecule has 0 saturated carbocycles. The van der Waals surface area contributed by atoms with Crippen LogP contribution in [0.1, 0.15) is 26.3 Å². The molecular formula is C14H20BrNO. The lowest BCUT2D eigenvalue weighted by Crippen LogP contribution is -2.26. The lowest BCUT2D eigenvalue weighted by Gasteiger charge is -2.14. The van der Waals surface area contributed by atoms with Gasteiger partial charge in [0.2, 0.25) is 0 Å². The van der Waals surface area contributed by atoms with Gasteiger partial charge in [-0.15, -0.1) is 0 Å². The molecule has 3 heteroatoms. The summed E-state index contributed by atoms with van der Waals surface area (Å²) in [6, 6.07) is 6.41. The predicted octanol–water partition coefficient (Wildman–Crippen LogP) is 3.86. The third-order valence-electron chi connectivity index (χ3n) is 2.77. The van der Waals surface area contributed by atoms with Crippen LogP contribution in [0.25, 0.3) is 6.08 Å². The van der Waals surface area contributed by atoms with Crippen LogP contribution in [-0.2, 0) is 0 Å². The highest BCUT2D eigenvalue weighted by Crippen LogP contribution is 2.25. The molecule has 1 atom stereocenters. The molecule has 1 aromatic rings. The Labute approximate surface area is 112 Å². The minimum Gasteiger partial charge on any atom is -0.496 e. The molecule has 17 heavy (non-hydrogen) atoms. The number of ether oxygens (including phenoxy) is 1. The van der Waals surface area contributed by atoms with Gasteiger partial charge in [-0.3, -0.25) is 0 Å². The van der Waals surface area contributed by atoms with E-state index in [1.807, 2.05) is 12.1 Å². The minimum absolute atomic E-state index is 0.378. The smallest absolute Gasteiger partial charge is 0.126 e. The molecule has 0 spiro atoms. The van der Waals surface area contributed by atoms with Crippen molar-refractivity contribution in [1.82, 2.24) is 5.32 Å². The maximum Gasteiger partial charge on any atom is 0.126 e. The summed E-state index contributed by atoms with van der Waals surface area (Å²) in [5.41, 5.74) is 2.40. The van der Waals surface area contributed by atoms with Crippen LogP contribution in [0.3, 0.4) is 0 Å². The number of hydrogen-bond donors (Lipinski definition) is 1. The van der Waals surface area contributed by atoms with Crippen molar-refractivity contribution in [2.24, 2.45) is 0 Å². The summed E-state index contributed by atoms with van der Waals surface area (Å²) in [5, 5.41) is 3.40. The Hall–Kier alpha value is -0.800. The molecule has 0 fully saturated rings. The Balaban J connectivity index is 2.99. The Kier molecular flexibility index (Phi) is 5.72. The van der Waals surface area contributed by atoms with Crippen molar-refractivity contribution in [3.63, 3.8) is 0 Å². The number of rotatable bonds is 5. The zero-order chi connectivity index (χ0) is 12.8. The van der Waals surface area contributed by atoms with Crippen LogP contribution in [-0.4, -0.2) is 19.7 Å². The molecule has 1 unspecified atom stereocenters. The fourth-order valence-electron chi connectivity index (χ4n) is 1.66. The minimum atomic E-state index is 0.378. The van der Waals surface area contributed by atoms with Crippen LogP contribution in [0, 0.1) is 0 Å². The van der Waals surface area contributed by atoms with E-state index < -0.39 is 0 Å². The van der Waals surface area contributed by atoms with Crippen molar-refractivity contribution in [3.8, 4) is 5.75 Å². The maximum absolute atomic E-state index is 5.36. The molecular weight excluding hydrogens is 278 g/mol. The summed E-state index contributed by atoms with van der Waals surface area (Å²) < 4.78 is 6.42. The van der Waals surface area contributed by atoms with Crippen LogP contribution >= 0.6 is 15.9 Å². The molecule has 0 aliphatic rings. The molecule has 2 nitrogen and oxygen atoms in total. The van der Waals surface area contributed by atoms with E-state index in [-0.39, 0.29) is 0 Å². The first-order chi connectivity index (χ1) is 8.08. The summed E-state index contributed by atoms with van der Waals surface area (Å²) in [5.74, 6) is 0.899. The second-order valence-electron chi connectivity index (χ2n) is 4.05. The molecule has 1 N–H and O–H groups in total. The molecule has 0 bridgehead atoms. The number of methoxy groups -OCH3 is 1. The van der Waals surface area contributed by atoms with Gasteiger partial charge in [0.05, 0.1) is 7.11 Å². The molecule has 0 saturated heterocycles. The normalized spacial score (nSPS) is 13.6. The Morgan fingerprint density at radius 2 is 2.24 bits per heavy atom. The molecule has 0 aliphatic heterocycles. The van der Waals surface area contributed by atoms with E-state index in [1.165, 1.54) is 5.57 Å². The number of nitrogens with one attached hydrogen (secondary N) is 1. The highest BCUT2D eigenvalue weighted by atomic mass is 79.9. The standard InChI is InChI=1S/C14H20BrNO/c1-5-16-11(3)10(2)8-12-9-13(15)6-7-14(12)17-4/h6-9,11,16H,5H2,1-4H3/b10-8+. The van der Waals surface area contributed by atoms with Crippen LogP contribution in [0.2, 0.25) is 0 Å². The summed E-state index contributed by atoms with van der Waals surface area (Å²) >= 11 is 3.48. The average molecular weight is 298 g/mol. The van der Waals surface area contributed by atoms with Gasteiger partial charge in [0, 0.05) is 16.1 Å². The van der Waals surface area contributed by atoms with Gasteiger partial charge in [-0.05, 0) is 38.6 Å². The second-order valence-corrected chi connectivity index (χ2v) is 4.97. The number of likely N-dealkylation sites (N-methyl/N-ethyl adjacent to an activating group) is 1. The third kappa shape index (κ3) is 4.17. The first-order valence-electron chi connectivity index (χ1n) is 5.83. The molecule has 0 radical (unpaired) electrons. The van der Waals surface area contributed by atoms with Gasteiger partial charge in [-0.25, -0.2) is 0 Å². The number of hydrogen-bond acceptors (Lipinski definition) is 2. The molecule has 0 heterocycles. The fraction of sp³-hybridized carbons (Fsp3) is 0.429. The van der Waals surface area contributed by atoms with Crippen molar-refractivity contribution in [2.75, 3.05) is 13.7 Å². The fourth-order valence-corrected chi connectivity index (χ4v) is 2.03. The van der Waals surface area contributed by atoms with E-state index in [4.69, 9.17) is 4.74 Å². The summed E-state index contributed by atoms with van der Waals surface area (Å²) in [6.07, 6.45) is 2.16. The van der Waals surface area contributed by atoms with E-state index in [2.05, 4.69) is 54.2 Å². The molecule has 0 aromatic heterocycles. The van der Waals surface area contributed by atoms with E-state index in [1.54, 1.807) is 7.11 Å². The van der Waals surface area contributed by atoms with Gasteiger partial charge in [0.1, 0.15) is 5.75 Å². The maximum atomic E-state index is 5.36. The predicted molar refractivity (Wildman–Crippen MR) is 77.5 cm³/mol. The molecule has 0 aliphatic carbocycles. The van der Waals surface area contributed by atoms with Gasteiger partial charge in [0.15, 0.2) is 0 Å². The van der Waals surface area contributed by atoms with Gasteiger partial charge >= 0.3 is 0 Å². The van der Waals surface area contributed by atoms with Crippen LogP contribution < -0.4 is 10.1 Å². The number of halogens is 1. The zero-order valence-electron chi connectivity index (χ0n) is 10.9. The Morgan fingerprint density at radius 3 is 2.82 bits per heavy atom. The lowest BCUT2D eigenvalue weighted by molar-refractivity contribution is 0.413. The van der Waals surface area contributed by atoms with Crippen molar-refractivity contribution >= 4 is 22.0 Å². The largest absolute Gasteiger partial charge is 0.496 e. The molecule has 94 valence electrons. The average Bonchev–Trinajstić information content (AvgIpc) is 2.29. The van der Waals surface area contributed by atoms with Gasteiger partial charge < -0.3 is 10.1 Å². The van der Waals surface area contributed by atoms with Gasteiger partial charge in [-0.2, -0.15) is 0 Å². The highest BCUT2D eigenvalue weighted by Gasteiger charge is 2.05. The van der Waals surface area contributed by atoms with E-state index >= 15 is 0 Å². The zero-order valence-corrected chi connectivity index (χ0v) is 12.5. The lowest BCUT2D eigenvalue weighted by atomic mass is 10.1. The summed E-state index contributed by atoms with van der Waals surface area (Å²) in [4.78, 5) is 0. The quantitative estimate of drug-likeness (QED) is 0.891. The third-order valence-corrected chi connectivity index (χ3v) is 3.26. The van der Waals surface area contributed by atoms with E-state index in [9.17, 15) is 0 Å². The van der Waals surface area contributed by atoms with Crippen LogP contribution in [0.5, 0.6) is 5.75 Å². The first kappa shape index (κ1) is 14.3. The first-order valence-corrected chi connectivity index (χ1v) is 6.63. The summed E-state index contributed by atoms with van der Waals surface area (Å²) in [7, 11) is 1.70. The summed E-state index contributed by atoms with van der Waals surface area (Å²) in [6.45, 7) is 7.39. The van der Waals surface area contributed by atoms with Crippen molar-refractivity contribution < 1.29 is 4.74 Å². The van der Waals surface area contributed by atoms with Crippen LogP contribution in [0.15, 0.2) is 28.2 Å². The topological polar surface area (TPSA) is 21.3 Å². The van der Waals surface area contributed by atoms with Crippen molar-refractivity contribution in [3.05, 3.63) is 33.8 Å². The van der Waals surface area contributed by atoms with Crippen molar-refractivity contribution in [2.45, 2.75) is 26.8 Å².